The summed E-state index contributed by atoms with van der Waals surface area (Å²) >= 11 is 0. The Labute approximate surface area is 183 Å². The Morgan fingerprint density at radius 3 is 2.69 bits per heavy atom. The Morgan fingerprint density at radius 1 is 0.969 bits per heavy atom. The van der Waals surface area contributed by atoms with E-state index in [1.54, 1.807) is 28.1 Å². The quantitative estimate of drug-likeness (QED) is 0.506. The van der Waals surface area contributed by atoms with Crippen molar-refractivity contribution in [1.29, 1.82) is 0 Å². The molecular weight excluding hydrogens is 408 g/mol. The summed E-state index contributed by atoms with van der Waals surface area (Å²) in [4.78, 5) is 33.2. The maximum Gasteiger partial charge on any atom is 0.326 e. The highest BCUT2D eigenvalue weighted by Crippen LogP contribution is 2.22. The van der Waals surface area contributed by atoms with Crippen molar-refractivity contribution in [3.63, 3.8) is 0 Å². The topological polar surface area (TPSA) is 104 Å². The van der Waals surface area contributed by atoms with Crippen molar-refractivity contribution < 1.29 is 14.2 Å². The number of nitrogens with one attached hydrogen (secondary N) is 1. The summed E-state index contributed by atoms with van der Waals surface area (Å²) in [7, 11) is 0. The van der Waals surface area contributed by atoms with Gasteiger partial charge in [0.2, 0.25) is 0 Å². The molecule has 9 nitrogen and oxygen atoms in total. The number of rotatable bonds is 6. The molecule has 0 aliphatic carbocycles. The van der Waals surface area contributed by atoms with Gasteiger partial charge in [-0.2, -0.15) is 0 Å². The van der Waals surface area contributed by atoms with Gasteiger partial charge in [0, 0.05) is 37.9 Å². The van der Waals surface area contributed by atoms with Crippen molar-refractivity contribution in [1.82, 2.24) is 25.5 Å². The van der Waals surface area contributed by atoms with E-state index in [1.807, 2.05) is 48.5 Å². The van der Waals surface area contributed by atoms with E-state index in [9.17, 15) is 9.59 Å². The summed E-state index contributed by atoms with van der Waals surface area (Å²) in [6, 6.07) is 18.4. The van der Waals surface area contributed by atoms with Crippen LogP contribution in [0.3, 0.4) is 0 Å². The molecule has 1 aliphatic rings. The molecule has 1 saturated heterocycles. The molecule has 0 spiro atoms. The SMILES string of the molecule is O=C(NCc1ccccc1)c1ccnc(N2CCN(Cc3ccc4nonc4c3)C2=O)c1. The second-order valence-electron chi connectivity index (χ2n) is 7.51. The molecule has 9 heteroatoms. The van der Waals surface area contributed by atoms with Gasteiger partial charge in [-0.05, 0) is 45.7 Å². The summed E-state index contributed by atoms with van der Waals surface area (Å²) in [6.45, 7) is 1.92. The normalized spacial score (nSPS) is 13.7. The zero-order valence-corrected chi connectivity index (χ0v) is 17.1. The van der Waals surface area contributed by atoms with Crippen molar-refractivity contribution in [2.45, 2.75) is 13.1 Å². The van der Waals surface area contributed by atoms with Crippen LogP contribution in [-0.4, -0.2) is 45.2 Å². The Morgan fingerprint density at radius 2 is 1.81 bits per heavy atom. The van der Waals surface area contributed by atoms with Crippen molar-refractivity contribution in [2.24, 2.45) is 0 Å². The molecule has 0 bridgehead atoms. The minimum atomic E-state index is -0.212. The molecule has 160 valence electrons. The number of pyridine rings is 1. The Balaban J connectivity index is 1.25. The third kappa shape index (κ3) is 4.00. The third-order valence-electron chi connectivity index (χ3n) is 5.37. The number of nitrogens with zero attached hydrogens (tertiary/aromatic N) is 5. The maximum absolute atomic E-state index is 13.0. The van der Waals surface area contributed by atoms with Crippen LogP contribution in [0.2, 0.25) is 0 Å². The molecule has 5 rings (SSSR count). The molecule has 1 aliphatic heterocycles. The Hall–Kier alpha value is -4.27. The largest absolute Gasteiger partial charge is 0.348 e. The first kappa shape index (κ1) is 19.7. The molecule has 0 radical (unpaired) electrons. The number of aromatic nitrogens is 3. The number of urea groups is 1. The smallest absolute Gasteiger partial charge is 0.326 e. The Kier molecular flexibility index (Phi) is 5.20. The number of carbonyl (C=O) groups is 2. The number of amides is 3. The summed E-state index contributed by atoms with van der Waals surface area (Å²) in [5, 5.41) is 10.5. The van der Waals surface area contributed by atoms with Gasteiger partial charge in [0.15, 0.2) is 0 Å². The maximum atomic E-state index is 13.0. The first-order valence-corrected chi connectivity index (χ1v) is 10.2. The van der Waals surface area contributed by atoms with Gasteiger partial charge < -0.3 is 10.2 Å². The molecule has 0 atom stereocenters. The predicted octanol–water partition coefficient (Wildman–Crippen LogP) is 2.99. The highest BCUT2D eigenvalue weighted by molar-refractivity contribution is 5.97. The molecule has 3 heterocycles. The lowest BCUT2D eigenvalue weighted by atomic mass is 10.2. The zero-order valence-electron chi connectivity index (χ0n) is 17.1. The van der Waals surface area contributed by atoms with Gasteiger partial charge in [-0.15, -0.1) is 0 Å². The molecule has 0 saturated carbocycles. The van der Waals surface area contributed by atoms with Gasteiger partial charge in [0.05, 0.1) is 0 Å². The first-order chi connectivity index (χ1) is 15.7. The number of fused-ring (bicyclic) bond motifs is 1. The predicted molar refractivity (Wildman–Crippen MR) is 117 cm³/mol. The molecule has 0 unspecified atom stereocenters. The number of carbonyl (C=O) groups excluding carboxylic acids is 2. The standard InChI is InChI=1S/C23H20N6O3/c30-22(25-14-16-4-2-1-3-5-16)18-8-9-24-21(13-18)29-11-10-28(23(29)31)15-17-6-7-19-20(12-17)27-32-26-19/h1-9,12-13H,10-11,14-15H2,(H,25,30). The number of benzene rings is 2. The minimum Gasteiger partial charge on any atom is -0.348 e. The fraction of sp³-hybridized carbons (Fsp3) is 0.174. The van der Waals surface area contributed by atoms with Gasteiger partial charge in [-0.3, -0.25) is 9.69 Å². The molecule has 2 aromatic carbocycles. The fourth-order valence-corrected chi connectivity index (χ4v) is 3.68. The first-order valence-electron chi connectivity index (χ1n) is 10.2. The Bertz CT molecular complexity index is 1270. The van der Waals surface area contributed by atoms with Crippen molar-refractivity contribution >= 4 is 28.8 Å². The summed E-state index contributed by atoms with van der Waals surface area (Å²) in [5.74, 6) is 0.247. The van der Waals surface area contributed by atoms with Crippen LogP contribution in [0.1, 0.15) is 21.5 Å². The molecule has 4 aromatic rings. The summed E-state index contributed by atoms with van der Waals surface area (Å²) in [5.41, 5.74) is 3.74. The third-order valence-corrected chi connectivity index (χ3v) is 5.37. The van der Waals surface area contributed by atoms with Crippen LogP contribution in [0.25, 0.3) is 11.0 Å². The van der Waals surface area contributed by atoms with Crippen LogP contribution in [0.15, 0.2) is 71.5 Å². The average Bonchev–Trinajstić information content (AvgIpc) is 3.44. The molecule has 3 amide bonds. The minimum absolute atomic E-state index is 0.155. The van der Waals surface area contributed by atoms with Crippen LogP contribution in [0, 0.1) is 0 Å². The van der Waals surface area contributed by atoms with E-state index >= 15 is 0 Å². The van der Waals surface area contributed by atoms with Crippen LogP contribution in [-0.2, 0) is 13.1 Å². The lowest BCUT2D eigenvalue weighted by molar-refractivity contribution is 0.0950. The zero-order chi connectivity index (χ0) is 21.9. The van der Waals surface area contributed by atoms with Gasteiger partial charge in [0.1, 0.15) is 16.9 Å². The van der Waals surface area contributed by atoms with Crippen LogP contribution >= 0.6 is 0 Å². The van der Waals surface area contributed by atoms with Crippen LogP contribution < -0.4 is 10.2 Å². The molecule has 2 aromatic heterocycles. The summed E-state index contributed by atoms with van der Waals surface area (Å²) < 4.78 is 4.73. The highest BCUT2D eigenvalue weighted by atomic mass is 16.6. The lowest BCUT2D eigenvalue weighted by Gasteiger charge is -2.18. The van der Waals surface area contributed by atoms with Crippen molar-refractivity contribution in [3.05, 3.63) is 83.6 Å². The van der Waals surface area contributed by atoms with Gasteiger partial charge in [0.25, 0.3) is 5.91 Å². The number of hydrogen-bond acceptors (Lipinski definition) is 6. The second-order valence-corrected chi connectivity index (χ2v) is 7.51. The van der Waals surface area contributed by atoms with E-state index < -0.39 is 0 Å². The summed E-state index contributed by atoms with van der Waals surface area (Å²) in [6.07, 6.45) is 1.55. The van der Waals surface area contributed by atoms with Crippen LogP contribution in [0.5, 0.6) is 0 Å². The van der Waals surface area contributed by atoms with E-state index in [1.165, 1.54) is 0 Å². The second kappa shape index (κ2) is 8.46. The van der Waals surface area contributed by atoms with Crippen molar-refractivity contribution in [2.75, 3.05) is 18.0 Å². The highest BCUT2D eigenvalue weighted by Gasteiger charge is 2.30. The van der Waals surface area contributed by atoms with Gasteiger partial charge >= 0.3 is 6.03 Å². The van der Waals surface area contributed by atoms with E-state index in [0.29, 0.717) is 48.6 Å². The van der Waals surface area contributed by atoms with E-state index in [2.05, 4.69) is 20.6 Å². The van der Waals surface area contributed by atoms with Gasteiger partial charge in [-0.1, -0.05) is 36.4 Å². The number of hydrogen-bond donors (Lipinski definition) is 1. The van der Waals surface area contributed by atoms with E-state index in [0.717, 1.165) is 11.1 Å². The van der Waals surface area contributed by atoms with Gasteiger partial charge in [-0.25, -0.2) is 14.4 Å². The molecule has 1 N–H and O–H groups in total. The van der Waals surface area contributed by atoms with Crippen LogP contribution in [0.4, 0.5) is 10.6 Å². The average molecular weight is 428 g/mol. The molecule has 1 fully saturated rings. The van der Waals surface area contributed by atoms with E-state index in [4.69, 9.17) is 4.63 Å². The van der Waals surface area contributed by atoms with Crippen molar-refractivity contribution in [3.8, 4) is 0 Å². The lowest BCUT2D eigenvalue weighted by Crippen LogP contribution is -2.32. The van der Waals surface area contributed by atoms with E-state index in [-0.39, 0.29) is 11.9 Å². The molecular formula is C23H20N6O3. The fourth-order valence-electron chi connectivity index (χ4n) is 3.68. The number of anilines is 1. The molecule has 32 heavy (non-hydrogen) atoms. The monoisotopic (exact) mass is 428 g/mol.